The van der Waals surface area contributed by atoms with Crippen LogP contribution in [0.1, 0.15) is 19.3 Å². The summed E-state index contributed by atoms with van der Waals surface area (Å²) in [4.78, 5) is 10.5. The fraction of sp³-hybridized carbons (Fsp3) is 0.600. The molecule has 0 aromatic carbocycles. The van der Waals surface area contributed by atoms with E-state index < -0.39 is 6.03 Å². The predicted molar refractivity (Wildman–Crippen MR) is 52.6 cm³/mol. The number of hydrogen-bond donors (Lipinski definition) is 2. The molecule has 0 aromatic rings. The number of carbonyl (C=O) groups excluding carboxylic acids is 1. The molecule has 4 heteroatoms. The number of allylic oxidation sites excluding steroid dienone is 2. The third kappa shape index (κ3) is 0.937. The van der Waals surface area contributed by atoms with Crippen molar-refractivity contribution in [3.63, 3.8) is 0 Å². The van der Waals surface area contributed by atoms with Crippen LogP contribution in [0.5, 0.6) is 0 Å². The second kappa shape index (κ2) is 2.38. The first-order valence-corrected chi connectivity index (χ1v) is 5.02. The van der Waals surface area contributed by atoms with Crippen molar-refractivity contribution in [1.82, 2.24) is 5.43 Å². The zero-order valence-corrected chi connectivity index (χ0v) is 7.86. The molecule has 3 N–H and O–H groups in total. The maximum Gasteiger partial charge on any atom is 0.332 e. The molecule has 74 valence electrons. The summed E-state index contributed by atoms with van der Waals surface area (Å²) in [6.45, 7) is 0. The maximum atomic E-state index is 10.5. The van der Waals surface area contributed by atoms with Gasteiger partial charge in [0.25, 0.3) is 0 Å². The fourth-order valence-corrected chi connectivity index (χ4v) is 2.71. The molecule has 0 radical (unpaired) electrons. The lowest BCUT2D eigenvalue weighted by molar-refractivity contribution is 0.248. The molecule has 3 rings (SSSR count). The van der Waals surface area contributed by atoms with Gasteiger partial charge in [-0.2, -0.15) is 5.10 Å². The quantitative estimate of drug-likeness (QED) is 0.471. The molecule has 2 atom stereocenters. The number of hydrogen-bond acceptors (Lipinski definition) is 2. The third-order valence-corrected chi connectivity index (χ3v) is 3.76. The zero-order valence-electron chi connectivity index (χ0n) is 7.86. The number of rotatable bonds is 1. The lowest BCUT2D eigenvalue weighted by atomic mass is 9.68. The highest BCUT2D eigenvalue weighted by molar-refractivity contribution is 5.96. The van der Waals surface area contributed by atoms with Crippen LogP contribution in [0.3, 0.4) is 0 Å². The molecule has 2 amide bonds. The molecule has 0 heterocycles. The van der Waals surface area contributed by atoms with Crippen LogP contribution in [-0.2, 0) is 0 Å². The lowest BCUT2D eigenvalue weighted by Gasteiger charge is -2.36. The molecule has 0 aliphatic heterocycles. The Bertz CT molecular complexity index is 354. The maximum absolute atomic E-state index is 10.5. The van der Waals surface area contributed by atoms with Gasteiger partial charge in [0.2, 0.25) is 0 Å². The molecule has 0 saturated heterocycles. The van der Waals surface area contributed by atoms with E-state index in [0.717, 1.165) is 18.1 Å². The highest BCUT2D eigenvalue weighted by Crippen LogP contribution is 2.64. The van der Waals surface area contributed by atoms with Crippen molar-refractivity contribution in [2.45, 2.75) is 19.3 Å². The van der Waals surface area contributed by atoms with E-state index in [4.69, 9.17) is 5.73 Å². The lowest BCUT2D eigenvalue weighted by Crippen LogP contribution is -2.39. The summed E-state index contributed by atoms with van der Waals surface area (Å²) in [6, 6.07) is -0.580. The van der Waals surface area contributed by atoms with Crippen molar-refractivity contribution in [3.05, 3.63) is 12.2 Å². The monoisotopic (exact) mass is 191 g/mol. The Morgan fingerprint density at radius 2 is 2.43 bits per heavy atom. The second-order valence-electron chi connectivity index (χ2n) is 4.51. The van der Waals surface area contributed by atoms with Gasteiger partial charge in [0.1, 0.15) is 0 Å². The first-order chi connectivity index (χ1) is 6.71. The van der Waals surface area contributed by atoms with Crippen molar-refractivity contribution >= 4 is 11.7 Å². The largest absolute Gasteiger partial charge is 0.350 e. The third-order valence-electron chi connectivity index (χ3n) is 3.76. The SMILES string of the molecule is NC(=O)N/N=C1/CC2C1C=CC21CC1. The number of amides is 2. The second-order valence-corrected chi connectivity index (χ2v) is 4.51. The van der Waals surface area contributed by atoms with Gasteiger partial charge < -0.3 is 5.73 Å². The van der Waals surface area contributed by atoms with Gasteiger partial charge >= 0.3 is 6.03 Å². The number of carbonyl (C=O) groups is 1. The Morgan fingerprint density at radius 1 is 1.64 bits per heavy atom. The van der Waals surface area contributed by atoms with Crippen LogP contribution in [0.2, 0.25) is 0 Å². The minimum atomic E-state index is -0.580. The molecule has 1 spiro atoms. The molecule has 2 fully saturated rings. The van der Waals surface area contributed by atoms with E-state index in [1.54, 1.807) is 0 Å². The number of nitrogens with one attached hydrogen (secondary N) is 1. The van der Waals surface area contributed by atoms with Crippen LogP contribution < -0.4 is 11.2 Å². The van der Waals surface area contributed by atoms with Crippen molar-refractivity contribution in [2.24, 2.45) is 28.1 Å². The van der Waals surface area contributed by atoms with E-state index in [9.17, 15) is 4.79 Å². The van der Waals surface area contributed by atoms with Crippen molar-refractivity contribution in [2.75, 3.05) is 0 Å². The van der Waals surface area contributed by atoms with Crippen molar-refractivity contribution < 1.29 is 4.79 Å². The topological polar surface area (TPSA) is 67.5 Å². The van der Waals surface area contributed by atoms with Gasteiger partial charge in [0.05, 0.1) is 0 Å². The Kier molecular flexibility index (Phi) is 1.36. The number of hydrazone groups is 1. The smallest absolute Gasteiger partial charge is 0.332 e. The van der Waals surface area contributed by atoms with E-state index >= 15 is 0 Å². The van der Waals surface area contributed by atoms with Gasteiger partial charge in [0, 0.05) is 11.6 Å². The molecular weight excluding hydrogens is 178 g/mol. The van der Waals surface area contributed by atoms with Gasteiger partial charge in [-0.1, -0.05) is 12.2 Å². The van der Waals surface area contributed by atoms with E-state index in [1.165, 1.54) is 12.8 Å². The molecule has 0 aromatic heterocycles. The summed E-state index contributed by atoms with van der Waals surface area (Å²) in [5.41, 5.74) is 8.85. The highest BCUT2D eigenvalue weighted by Gasteiger charge is 2.58. The van der Waals surface area contributed by atoms with Gasteiger partial charge in [-0.15, -0.1) is 0 Å². The van der Waals surface area contributed by atoms with Crippen LogP contribution >= 0.6 is 0 Å². The molecule has 0 bridgehead atoms. The van der Waals surface area contributed by atoms with Crippen LogP contribution in [0, 0.1) is 17.3 Å². The first kappa shape index (κ1) is 8.03. The number of primary amides is 1. The minimum Gasteiger partial charge on any atom is -0.350 e. The molecular formula is C10H13N3O. The van der Waals surface area contributed by atoms with Crippen LogP contribution in [0.15, 0.2) is 17.3 Å². The average Bonchev–Trinajstić information content (AvgIpc) is 2.77. The molecule has 2 saturated carbocycles. The summed E-state index contributed by atoms with van der Waals surface area (Å²) in [5, 5.41) is 4.01. The summed E-state index contributed by atoms with van der Waals surface area (Å²) in [5.74, 6) is 1.24. The van der Waals surface area contributed by atoms with Crippen molar-refractivity contribution in [1.29, 1.82) is 0 Å². The Hall–Kier alpha value is -1.32. The molecule has 3 aliphatic rings. The first-order valence-electron chi connectivity index (χ1n) is 5.02. The molecule has 4 nitrogen and oxygen atoms in total. The summed E-state index contributed by atoms with van der Waals surface area (Å²) < 4.78 is 0. The van der Waals surface area contributed by atoms with E-state index in [2.05, 4.69) is 22.7 Å². The summed E-state index contributed by atoms with van der Waals surface area (Å²) in [6.07, 6.45) is 8.28. The van der Waals surface area contributed by atoms with Crippen LogP contribution in [-0.4, -0.2) is 11.7 Å². The average molecular weight is 191 g/mol. The van der Waals surface area contributed by atoms with Gasteiger partial charge in [-0.3, -0.25) is 0 Å². The highest BCUT2D eigenvalue weighted by atomic mass is 16.2. The minimum absolute atomic E-state index is 0.476. The molecule has 3 aliphatic carbocycles. The predicted octanol–water partition coefficient (Wildman–Crippen LogP) is 0.997. The summed E-state index contributed by atoms with van der Waals surface area (Å²) >= 11 is 0. The molecule has 14 heavy (non-hydrogen) atoms. The Labute approximate surface area is 82.2 Å². The number of nitrogens with zero attached hydrogens (tertiary/aromatic N) is 1. The Balaban J connectivity index is 1.70. The van der Waals surface area contributed by atoms with Crippen LogP contribution in [0.4, 0.5) is 4.79 Å². The van der Waals surface area contributed by atoms with Crippen molar-refractivity contribution in [3.8, 4) is 0 Å². The fourth-order valence-electron chi connectivity index (χ4n) is 2.71. The van der Waals surface area contributed by atoms with E-state index in [-0.39, 0.29) is 0 Å². The standard InChI is InChI=1S/C10H13N3O/c11-9(14)13-12-8-5-7-6(8)1-2-10(7)3-4-10/h1-2,6-7H,3-5H2,(H3,11,13,14)/b12-8-. The van der Waals surface area contributed by atoms with E-state index in [1.807, 2.05) is 0 Å². The normalized spacial score (nSPS) is 38.1. The van der Waals surface area contributed by atoms with Gasteiger partial charge in [0.15, 0.2) is 0 Å². The number of fused-ring (bicyclic) bond motifs is 2. The van der Waals surface area contributed by atoms with E-state index in [0.29, 0.717) is 11.3 Å². The number of urea groups is 1. The zero-order chi connectivity index (χ0) is 9.76. The van der Waals surface area contributed by atoms with Gasteiger partial charge in [-0.25, -0.2) is 10.2 Å². The summed E-state index contributed by atoms with van der Waals surface area (Å²) in [7, 11) is 0. The molecule has 2 unspecified atom stereocenters. The Morgan fingerprint density at radius 3 is 3.07 bits per heavy atom. The number of nitrogens with two attached hydrogens (primary N) is 1. The van der Waals surface area contributed by atoms with Crippen LogP contribution in [0.25, 0.3) is 0 Å². The van der Waals surface area contributed by atoms with Gasteiger partial charge in [-0.05, 0) is 30.6 Å².